The number of aromatic nitrogens is 4. The van der Waals surface area contributed by atoms with Crippen molar-refractivity contribution in [3.05, 3.63) is 23.7 Å². The standard InChI is InChI=1S/C25H36N6O2S/c1-7-18(33-6)13-27-24-28-14(2)20(23-30-21-15(3)26-11-10-19(21)34-23)22(31-24)29-17-9-8-16(12-17)25(4,5)32/h10-11,16-18,32H,7-9,12-13H2,1-6H3,(H2,27,28,29,31)/t16?,17-,18?/m0/s1. The number of thiazole rings is 1. The summed E-state index contributed by atoms with van der Waals surface area (Å²) in [6, 6.07) is 2.24. The maximum Gasteiger partial charge on any atom is 0.224 e. The lowest BCUT2D eigenvalue weighted by Crippen LogP contribution is -2.30. The van der Waals surface area contributed by atoms with Crippen LogP contribution in [0.4, 0.5) is 11.8 Å². The van der Waals surface area contributed by atoms with E-state index in [9.17, 15) is 5.11 Å². The maximum absolute atomic E-state index is 10.5. The van der Waals surface area contributed by atoms with Gasteiger partial charge >= 0.3 is 0 Å². The Morgan fingerprint density at radius 3 is 2.65 bits per heavy atom. The third-order valence-corrected chi connectivity index (χ3v) is 7.88. The van der Waals surface area contributed by atoms with Gasteiger partial charge in [0.1, 0.15) is 16.3 Å². The van der Waals surface area contributed by atoms with Crippen molar-refractivity contribution in [2.45, 2.75) is 78.0 Å². The summed E-state index contributed by atoms with van der Waals surface area (Å²) in [4.78, 5) is 19.0. The minimum Gasteiger partial charge on any atom is -0.390 e. The SMILES string of the molecule is CCC(CNc1nc(C)c(-c2nc3c(C)nccc3s2)c(N[C@H]2CCC(C(C)(C)O)C2)n1)OC. The molecule has 2 unspecified atom stereocenters. The molecule has 3 aromatic heterocycles. The molecule has 0 amide bonds. The van der Waals surface area contributed by atoms with Crippen molar-refractivity contribution >= 4 is 33.3 Å². The van der Waals surface area contributed by atoms with Crippen LogP contribution in [-0.4, -0.2) is 56.4 Å². The molecule has 3 N–H and O–H groups in total. The Labute approximate surface area is 205 Å². The third-order valence-electron chi connectivity index (χ3n) is 6.84. The molecule has 1 aliphatic carbocycles. The van der Waals surface area contributed by atoms with E-state index in [-0.39, 0.29) is 18.1 Å². The lowest BCUT2D eigenvalue weighted by atomic mass is 9.89. The topological polar surface area (TPSA) is 105 Å². The smallest absolute Gasteiger partial charge is 0.224 e. The first kappa shape index (κ1) is 24.8. The number of ether oxygens (including phenoxy) is 1. The van der Waals surface area contributed by atoms with E-state index in [1.807, 2.05) is 40.0 Å². The summed E-state index contributed by atoms with van der Waals surface area (Å²) >= 11 is 1.64. The average Bonchev–Trinajstić information content (AvgIpc) is 3.42. The molecule has 1 aliphatic rings. The van der Waals surface area contributed by atoms with E-state index >= 15 is 0 Å². The predicted molar refractivity (Wildman–Crippen MR) is 139 cm³/mol. The summed E-state index contributed by atoms with van der Waals surface area (Å²) in [5.74, 6) is 1.62. The zero-order chi connectivity index (χ0) is 24.5. The average molecular weight is 485 g/mol. The molecule has 3 aromatic rings. The van der Waals surface area contributed by atoms with Crippen molar-refractivity contribution in [2.24, 2.45) is 5.92 Å². The minimum atomic E-state index is -0.680. The van der Waals surface area contributed by atoms with Crippen LogP contribution >= 0.6 is 11.3 Å². The summed E-state index contributed by atoms with van der Waals surface area (Å²) in [7, 11) is 1.72. The van der Waals surface area contributed by atoms with Crippen LogP contribution in [0, 0.1) is 19.8 Å². The number of aryl methyl sites for hydroxylation is 2. The molecule has 0 bridgehead atoms. The summed E-state index contributed by atoms with van der Waals surface area (Å²) in [6.07, 6.45) is 5.71. The number of rotatable bonds is 9. The van der Waals surface area contributed by atoms with Crippen LogP contribution in [0.1, 0.15) is 57.8 Å². The highest BCUT2D eigenvalue weighted by atomic mass is 32.1. The fourth-order valence-electron chi connectivity index (χ4n) is 4.65. The lowest BCUT2D eigenvalue weighted by Gasteiger charge is -2.25. The number of fused-ring (bicyclic) bond motifs is 1. The third kappa shape index (κ3) is 5.31. The predicted octanol–water partition coefficient (Wildman–Crippen LogP) is 4.95. The van der Waals surface area contributed by atoms with Gasteiger partial charge in [0.15, 0.2) is 0 Å². The molecule has 1 fully saturated rings. The second-order valence-corrected chi connectivity index (χ2v) is 10.8. The fraction of sp³-hybridized carbons (Fsp3) is 0.600. The molecule has 184 valence electrons. The highest BCUT2D eigenvalue weighted by molar-refractivity contribution is 7.21. The number of methoxy groups -OCH3 is 1. The highest BCUT2D eigenvalue weighted by Crippen LogP contribution is 2.39. The van der Waals surface area contributed by atoms with Crippen molar-refractivity contribution in [1.29, 1.82) is 0 Å². The highest BCUT2D eigenvalue weighted by Gasteiger charge is 2.35. The molecule has 34 heavy (non-hydrogen) atoms. The number of hydrogen-bond donors (Lipinski definition) is 3. The molecule has 0 radical (unpaired) electrons. The molecule has 9 heteroatoms. The van der Waals surface area contributed by atoms with E-state index in [4.69, 9.17) is 19.7 Å². The van der Waals surface area contributed by atoms with Crippen LogP contribution in [0.15, 0.2) is 12.3 Å². The van der Waals surface area contributed by atoms with Crippen LogP contribution in [0.3, 0.4) is 0 Å². The normalized spacial score (nSPS) is 19.5. The monoisotopic (exact) mass is 484 g/mol. The summed E-state index contributed by atoms with van der Waals surface area (Å²) in [5, 5.41) is 18.4. The number of pyridine rings is 1. The van der Waals surface area contributed by atoms with E-state index in [0.29, 0.717) is 12.5 Å². The molecule has 0 saturated heterocycles. The number of nitrogens with one attached hydrogen (secondary N) is 2. The van der Waals surface area contributed by atoms with Crippen molar-refractivity contribution in [2.75, 3.05) is 24.3 Å². The molecule has 8 nitrogen and oxygen atoms in total. The van der Waals surface area contributed by atoms with Gasteiger partial charge in [0.2, 0.25) is 5.95 Å². The van der Waals surface area contributed by atoms with Gasteiger partial charge in [0, 0.05) is 25.9 Å². The van der Waals surface area contributed by atoms with Gasteiger partial charge in [0.25, 0.3) is 0 Å². The fourth-order valence-corrected chi connectivity index (χ4v) is 5.76. The maximum atomic E-state index is 10.5. The van der Waals surface area contributed by atoms with Crippen LogP contribution in [0.5, 0.6) is 0 Å². The van der Waals surface area contributed by atoms with Gasteiger partial charge in [-0.1, -0.05) is 6.92 Å². The number of nitrogens with zero attached hydrogens (tertiary/aromatic N) is 4. The van der Waals surface area contributed by atoms with E-state index in [0.717, 1.165) is 63.7 Å². The van der Waals surface area contributed by atoms with Crippen LogP contribution < -0.4 is 10.6 Å². The summed E-state index contributed by atoms with van der Waals surface area (Å²) in [5.41, 5.74) is 2.95. The Morgan fingerprint density at radius 2 is 2.00 bits per heavy atom. The lowest BCUT2D eigenvalue weighted by molar-refractivity contribution is 0.0197. The number of aliphatic hydroxyl groups is 1. The first-order valence-corrected chi connectivity index (χ1v) is 12.9. The molecule has 1 saturated carbocycles. The van der Waals surface area contributed by atoms with Gasteiger partial charge < -0.3 is 20.5 Å². The zero-order valence-electron chi connectivity index (χ0n) is 21.0. The van der Waals surface area contributed by atoms with Crippen LogP contribution in [0.2, 0.25) is 0 Å². The molecule has 0 aromatic carbocycles. The molecular formula is C25H36N6O2S. The van der Waals surface area contributed by atoms with E-state index in [1.54, 1.807) is 18.4 Å². The second-order valence-electron chi connectivity index (χ2n) is 9.77. The van der Waals surface area contributed by atoms with Crippen molar-refractivity contribution in [3.63, 3.8) is 0 Å². The van der Waals surface area contributed by atoms with Gasteiger partial charge in [0.05, 0.1) is 33.4 Å². The molecule has 3 atom stereocenters. The molecular weight excluding hydrogens is 448 g/mol. The first-order valence-electron chi connectivity index (χ1n) is 12.1. The largest absolute Gasteiger partial charge is 0.390 e. The van der Waals surface area contributed by atoms with Gasteiger partial charge in [-0.2, -0.15) is 4.98 Å². The Balaban J connectivity index is 1.69. The van der Waals surface area contributed by atoms with Gasteiger partial charge in [-0.3, -0.25) is 4.98 Å². The molecule has 0 spiro atoms. The zero-order valence-corrected chi connectivity index (χ0v) is 21.8. The van der Waals surface area contributed by atoms with Gasteiger partial charge in [-0.15, -0.1) is 11.3 Å². The minimum absolute atomic E-state index is 0.0992. The number of anilines is 2. The number of hydrogen-bond acceptors (Lipinski definition) is 9. The van der Waals surface area contributed by atoms with Crippen molar-refractivity contribution in [3.8, 4) is 10.6 Å². The quantitative estimate of drug-likeness (QED) is 0.392. The van der Waals surface area contributed by atoms with Crippen molar-refractivity contribution in [1.82, 2.24) is 19.9 Å². The second kappa shape index (κ2) is 10.1. The summed E-state index contributed by atoms with van der Waals surface area (Å²) < 4.78 is 6.60. The molecule has 4 rings (SSSR count). The van der Waals surface area contributed by atoms with Crippen LogP contribution in [-0.2, 0) is 4.74 Å². The van der Waals surface area contributed by atoms with Gasteiger partial charge in [-0.25, -0.2) is 9.97 Å². The molecule has 0 aliphatic heterocycles. The first-order chi connectivity index (χ1) is 16.2. The van der Waals surface area contributed by atoms with E-state index in [2.05, 4.69) is 22.5 Å². The summed E-state index contributed by atoms with van der Waals surface area (Å²) in [6.45, 7) is 10.5. The van der Waals surface area contributed by atoms with Gasteiger partial charge in [-0.05, 0) is 65.4 Å². The molecule has 3 heterocycles. The van der Waals surface area contributed by atoms with Crippen LogP contribution in [0.25, 0.3) is 20.8 Å². The Morgan fingerprint density at radius 1 is 1.21 bits per heavy atom. The Kier molecular flexibility index (Phi) is 7.35. The van der Waals surface area contributed by atoms with Crippen molar-refractivity contribution < 1.29 is 9.84 Å². The van der Waals surface area contributed by atoms with E-state index in [1.165, 1.54) is 0 Å². The Hall–Kier alpha value is -2.36. The van der Waals surface area contributed by atoms with E-state index < -0.39 is 5.60 Å². The Bertz CT molecular complexity index is 1140.